The Morgan fingerprint density at radius 3 is 2.83 bits per heavy atom. The van der Waals surface area contributed by atoms with Crippen LogP contribution >= 0.6 is 15.9 Å². The van der Waals surface area contributed by atoms with E-state index < -0.39 is 0 Å². The Bertz CT molecular complexity index is 715. The van der Waals surface area contributed by atoms with Gasteiger partial charge in [-0.15, -0.1) is 0 Å². The summed E-state index contributed by atoms with van der Waals surface area (Å²) in [4.78, 5) is 22.5. The van der Waals surface area contributed by atoms with E-state index in [1.54, 1.807) is 4.90 Å². The molecular weight excluding hydrogens is 362 g/mol. The second-order valence-corrected chi connectivity index (χ2v) is 6.60. The largest absolute Gasteiger partial charge is 0.467 e. The molecule has 1 aliphatic heterocycles. The summed E-state index contributed by atoms with van der Waals surface area (Å²) in [5, 5.41) is 0.776. The lowest BCUT2D eigenvalue weighted by Gasteiger charge is -2.35. The van der Waals surface area contributed by atoms with Gasteiger partial charge in [-0.05, 0) is 32.0 Å². The molecule has 0 aliphatic carbocycles. The maximum absolute atomic E-state index is 12.4. The van der Waals surface area contributed by atoms with Crippen LogP contribution in [-0.2, 0) is 9.53 Å². The summed E-state index contributed by atoms with van der Waals surface area (Å²) in [5.74, 6) is 0.354. The van der Waals surface area contributed by atoms with Crippen LogP contribution in [0.2, 0.25) is 0 Å². The zero-order valence-corrected chi connectivity index (χ0v) is 14.6. The quantitative estimate of drug-likeness (QED) is 0.818. The van der Waals surface area contributed by atoms with Crippen LogP contribution < -0.4 is 4.74 Å². The average molecular weight is 380 g/mol. The minimum Gasteiger partial charge on any atom is -0.467 e. The Morgan fingerprint density at radius 1 is 1.35 bits per heavy atom. The molecule has 0 radical (unpaired) electrons. The normalized spacial score (nSPS) is 21.4. The van der Waals surface area contributed by atoms with Crippen molar-refractivity contribution in [1.29, 1.82) is 0 Å². The number of carbonyl (C=O) groups is 1. The SMILES string of the molecule is C[C@@H]1CN(C(=O)COc2ncnc3ccc(Br)cc23)C[C@H](C)O1. The molecule has 1 saturated heterocycles. The lowest BCUT2D eigenvalue weighted by atomic mass is 10.2. The van der Waals surface area contributed by atoms with Crippen LogP contribution in [0.25, 0.3) is 10.9 Å². The second-order valence-electron chi connectivity index (χ2n) is 5.69. The highest BCUT2D eigenvalue weighted by molar-refractivity contribution is 9.10. The van der Waals surface area contributed by atoms with Crippen LogP contribution in [0.5, 0.6) is 5.88 Å². The van der Waals surface area contributed by atoms with E-state index in [4.69, 9.17) is 9.47 Å². The van der Waals surface area contributed by atoms with E-state index in [9.17, 15) is 4.79 Å². The highest BCUT2D eigenvalue weighted by atomic mass is 79.9. The first-order chi connectivity index (χ1) is 11.0. The summed E-state index contributed by atoms with van der Waals surface area (Å²) >= 11 is 3.42. The molecule has 7 heteroatoms. The van der Waals surface area contributed by atoms with Crippen LogP contribution in [0.3, 0.4) is 0 Å². The molecule has 1 fully saturated rings. The van der Waals surface area contributed by atoms with Crippen molar-refractivity contribution in [1.82, 2.24) is 14.9 Å². The molecule has 0 N–H and O–H groups in total. The van der Waals surface area contributed by atoms with Gasteiger partial charge in [0.25, 0.3) is 5.91 Å². The number of halogens is 1. The lowest BCUT2D eigenvalue weighted by molar-refractivity contribution is -0.145. The summed E-state index contributed by atoms with van der Waals surface area (Å²) < 4.78 is 12.2. The third-order valence-corrected chi connectivity index (χ3v) is 4.16. The molecule has 2 aromatic rings. The van der Waals surface area contributed by atoms with Crippen molar-refractivity contribution >= 4 is 32.7 Å². The Hall–Kier alpha value is -1.73. The number of amides is 1. The third kappa shape index (κ3) is 3.79. The molecule has 0 unspecified atom stereocenters. The van der Waals surface area contributed by atoms with Crippen LogP contribution in [0.4, 0.5) is 0 Å². The van der Waals surface area contributed by atoms with Gasteiger partial charge in [0.05, 0.1) is 23.1 Å². The fourth-order valence-corrected chi connectivity index (χ4v) is 3.08. The number of carbonyl (C=O) groups excluding carboxylic acids is 1. The highest BCUT2D eigenvalue weighted by Gasteiger charge is 2.26. The van der Waals surface area contributed by atoms with Gasteiger partial charge in [-0.25, -0.2) is 9.97 Å². The second kappa shape index (κ2) is 6.80. The first-order valence-corrected chi connectivity index (χ1v) is 8.28. The molecule has 2 atom stereocenters. The highest BCUT2D eigenvalue weighted by Crippen LogP contribution is 2.25. The zero-order valence-electron chi connectivity index (χ0n) is 13.0. The summed E-state index contributed by atoms with van der Waals surface area (Å²) in [6, 6.07) is 5.66. The average Bonchev–Trinajstić information content (AvgIpc) is 2.51. The Labute approximate surface area is 142 Å². The Morgan fingerprint density at radius 2 is 2.09 bits per heavy atom. The number of nitrogens with zero attached hydrogens (tertiary/aromatic N) is 3. The minimum atomic E-state index is -0.0613. The molecular formula is C16H18BrN3O3. The molecule has 2 heterocycles. The van der Waals surface area contributed by atoms with Gasteiger partial charge in [-0.1, -0.05) is 15.9 Å². The van der Waals surface area contributed by atoms with Gasteiger partial charge in [-0.3, -0.25) is 4.79 Å². The molecule has 0 bridgehead atoms. The molecule has 1 aromatic heterocycles. The van der Waals surface area contributed by atoms with Crippen molar-refractivity contribution in [3.63, 3.8) is 0 Å². The smallest absolute Gasteiger partial charge is 0.260 e. The molecule has 0 spiro atoms. The number of hydrogen-bond acceptors (Lipinski definition) is 5. The van der Waals surface area contributed by atoms with Gasteiger partial charge < -0.3 is 14.4 Å². The molecule has 1 aliphatic rings. The summed E-state index contributed by atoms with van der Waals surface area (Å²) in [7, 11) is 0. The number of morpholine rings is 1. The maximum Gasteiger partial charge on any atom is 0.260 e. The van der Waals surface area contributed by atoms with Gasteiger partial charge in [0.2, 0.25) is 5.88 Å². The number of hydrogen-bond donors (Lipinski definition) is 0. The zero-order chi connectivity index (χ0) is 16.4. The first-order valence-electron chi connectivity index (χ1n) is 7.49. The Balaban J connectivity index is 1.71. The van der Waals surface area contributed by atoms with E-state index in [0.717, 1.165) is 15.4 Å². The summed E-state index contributed by atoms with van der Waals surface area (Å²) in [6.07, 6.45) is 1.52. The predicted octanol–water partition coefficient (Wildman–Crippen LogP) is 2.41. The van der Waals surface area contributed by atoms with Gasteiger partial charge in [0.15, 0.2) is 6.61 Å². The van der Waals surface area contributed by atoms with E-state index >= 15 is 0 Å². The number of benzene rings is 1. The number of rotatable bonds is 3. The van der Waals surface area contributed by atoms with Crippen LogP contribution in [0, 0.1) is 0 Å². The standard InChI is InChI=1S/C16H18BrN3O3/c1-10-6-20(7-11(2)23-10)15(21)8-22-16-13-5-12(17)3-4-14(13)18-9-19-16/h3-5,9-11H,6-8H2,1-2H3/t10-,11+. The van der Waals surface area contributed by atoms with Gasteiger partial charge in [-0.2, -0.15) is 0 Å². The predicted molar refractivity (Wildman–Crippen MR) is 89.3 cm³/mol. The van der Waals surface area contributed by atoms with Gasteiger partial charge in [0.1, 0.15) is 6.33 Å². The number of aromatic nitrogens is 2. The maximum atomic E-state index is 12.4. The van der Waals surface area contributed by atoms with Gasteiger partial charge >= 0.3 is 0 Å². The Kier molecular flexibility index (Phi) is 4.77. The van der Waals surface area contributed by atoms with E-state index in [2.05, 4.69) is 25.9 Å². The number of ether oxygens (including phenoxy) is 2. The van der Waals surface area contributed by atoms with E-state index in [0.29, 0.717) is 19.0 Å². The fraction of sp³-hybridized carbons (Fsp3) is 0.438. The molecule has 1 amide bonds. The summed E-state index contributed by atoms with van der Waals surface area (Å²) in [5.41, 5.74) is 0.777. The van der Waals surface area contributed by atoms with Crippen molar-refractivity contribution in [2.75, 3.05) is 19.7 Å². The molecule has 1 aromatic carbocycles. The molecule has 23 heavy (non-hydrogen) atoms. The van der Waals surface area contributed by atoms with Crippen molar-refractivity contribution in [3.8, 4) is 5.88 Å². The van der Waals surface area contributed by atoms with Crippen molar-refractivity contribution in [2.24, 2.45) is 0 Å². The van der Waals surface area contributed by atoms with Crippen molar-refractivity contribution < 1.29 is 14.3 Å². The fourth-order valence-electron chi connectivity index (χ4n) is 2.72. The van der Waals surface area contributed by atoms with Gasteiger partial charge in [0, 0.05) is 17.6 Å². The van der Waals surface area contributed by atoms with Crippen molar-refractivity contribution in [2.45, 2.75) is 26.1 Å². The van der Waals surface area contributed by atoms with Crippen LogP contribution in [0.1, 0.15) is 13.8 Å². The van der Waals surface area contributed by atoms with Crippen LogP contribution in [-0.4, -0.2) is 52.7 Å². The van der Waals surface area contributed by atoms with E-state index in [1.165, 1.54) is 6.33 Å². The lowest BCUT2D eigenvalue weighted by Crippen LogP contribution is -2.49. The number of fused-ring (bicyclic) bond motifs is 1. The molecule has 6 nitrogen and oxygen atoms in total. The monoisotopic (exact) mass is 379 g/mol. The molecule has 122 valence electrons. The minimum absolute atomic E-state index is 0.0403. The third-order valence-electron chi connectivity index (χ3n) is 3.67. The summed E-state index contributed by atoms with van der Waals surface area (Å²) in [6.45, 7) is 5.06. The topological polar surface area (TPSA) is 64.6 Å². The van der Waals surface area contributed by atoms with Crippen molar-refractivity contribution in [3.05, 3.63) is 29.0 Å². The molecule has 0 saturated carbocycles. The van der Waals surface area contributed by atoms with E-state index in [1.807, 2.05) is 32.0 Å². The van der Waals surface area contributed by atoms with E-state index in [-0.39, 0.29) is 24.7 Å². The van der Waals surface area contributed by atoms with Crippen LogP contribution in [0.15, 0.2) is 29.0 Å². The molecule has 3 rings (SSSR count). The first kappa shape index (κ1) is 16.1.